The van der Waals surface area contributed by atoms with E-state index in [1.165, 1.54) is 5.56 Å². The van der Waals surface area contributed by atoms with Crippen molar-refractivity contribution in [2.24, 2.45) is 0 Å². The van der Waals surface area contributed by atoms with Gasteiger partial charge in [0.05, 0.1) is 4.92 Å². The second-order valence-corrected chi connectivity index (χ2v) is 5.00. The van der Waals surface area contributed by atoms with Crippen molar-refractivity contribution in [1.29, 1.82) is 0 Å². The molecule has 0 saturated carbocycles. The highest BCUT2D eigenvalue weighted by Crippen LogP contribution is 2.16. The van der Waals surface area contributed by atoms with Crippen molar-refractivity contribution < 1.29 is 4.92 Å². The minimum atomic E-state index is -0.370. The van der Waals surface area contributed by atoms with Gasteiger partial charge in [-0.05, 0) is 30.5 Å². The van der Waals surface area contributed by atoms with Gasteiger partial charge in [-0.1, -0.05) is 49.4 Å². The van der Waals surface area contributed by atoms with Crippen LogP contribution in [0.1, 0.15) is 30.5 Å². The van der Waals surface area contributed by atoms with Crippen molar-refractivity contribution in [3.8, 4) is 0 Å². The smallest absolute Gasteiger partial charge is 0.269 e. The Morgan fingerprint density at radius 2 is 1.76 bits per heavy atom. The molecule has 110 valence electrons. The Bertz CT molecular complexity index is 567. The molecular formula is C17H20N2O2. The molecule has 0 heterocycles. The molecule has 4 heteroatoms. The van der Waals surface area contributed by atoms with Crippen LogP contribution >= 0.6 is 0 Å². The molecule has 1 unspecified atom stereocenters. The number of rotatable bonds is 7. The van der Waals surface area contributed by atoms with Gasteiger partial charge in [-0.2, -0.15) is 0 Å². The summed E-state index contributed by atoms with van der Waals surface area (Å²) < 4.78 is 0. The van der Waals surface area contributed by atoms with Crippen molar-refractivity contribution in [2.75, 3.05) is 6.54 Å². The summed E-state index contributed by atoms with van der Waals surface area (Å²) in [4.78, 5) is 10.2. The number of benzene rings is 2. The maximum absolute atomic E-state index is 10.6. The Morgan fingerprint density at radius 3 is 2.33 bits per heavy atom. The first-order valence-corrected chi connectivity index (χ1v) is 7.22. The summed E-state index contributed by atoms with van der Waals surface area (Å²) in [5, 5.41) is 14.1. The van der Waals surface area contributed by atoms with Gasteiger partial charge >= 0.3 is 0 Å². The zero-order valence-corrected chi connectivity index (χ0v) is 12.2. The molecule has 0 radical (unpaired) electrons. The molecule has 1 atom stereocenters. The van der Waals surface area contributed by atoms with Crippen LogP contribution in [0.2, 0.25) is 0 Å². The zero-order valence-electron chi connectivity index (χ0n) is 12.2. The van der Waals surface area contributed by atoms with Crippen molar-refractivity contribution in [2.45, 2.75) is 25.8 Å². The molecule has 21 heavy (non-hydrogen) atoms. The summed E-state index contributed by atoms with van der Waals surface area (Å²) >= 11 is 0. The summed E-state index contributed by atoms with van der Waals surface area (Å²) in [7, 11) is 0. The minimum absolute atomic E-state index is 0.141. The van der Waals surface area contributed by atoms with Crippen LogP contribution in [0.25, 0.3) is 0 Å². The van der Waals surface area contributed by atoms with Crippen LogP contribution in [-0.4, -0.2) is 11.5 Å². The Hall–Kier alpha value is -2.20. The fourth-order valence-corrected chi connectivity index (χ4v) is 2.36. The molecule has 4 nitrogen and oxygen atoms in total. The largest absolute Gasteiger partial charge is 0.310 e. The highest BCUT2D eigenvalue weighted by molar-refractivity contribution is 5.33. The molecule has 0 saturated heterocycles. The number of hydrogen-bond donors (Lipinski definition) is 1. The number of hydrogen-bond acceptors (Lipinski definition) is 3. The molecule has 1 N–H and O–H groups in total. The van der Waals surface area contributed by atoms with Crippen molar-refractivity contribution in [3.63, 3.8) is 0 Å². The van der Waals surface area contributed by atoms with Gasteiger partial charge in [-0.25, -0.2) is 0 Å². The molecule has 2 aromatic carbocycles. The molecule has 0 bridgehead atoms. The quantitative estimate of drug-likeness (QED) is 0.620. The van der Waals surface area contributed by atoms with Crippen molar-refractivity contribution in [3.05, 3.63) is 75.8 Å². The standard InChI is InChI=1S/C17H20N2O2/c1-2-17(15-6-4-3-5-7-15)18-13-12-14-8-10-16(11-9-14)19(20)21/h3-11,17-18H,2,12-13H2,1H3. The summed E-state index contributed by atoms with van der Waals surface area (Å²) in [5.74, 6) is 0. The van der Waals surface area contributed by atoms with Crippen LogP contribution in [0.3, 0.4) is 0 Å². The van der Waals surface area contributed by atoms with Crippen LogP contribution in [-0.2, 0) is 6.42 Å². The van der Waals surface area contributed by atoms with Gasteiger partial charge in [0.15, 0.2) is 0 Å². The molecule has 2 rings (SSSR count). The SMILES string of the molecule is CCC(NCCc1ccc([N+](=O)[O-])cc1)c1ccccc1. The van der Waals surface area contributed by atoms with E-state index in [-0.39, 0.29) is 10.6 Å². The summed E-state index contributed by atoms with van der Waals surface area (Å²) in [6, 6.07) is 17.5. The lowest BCUT2D eigenvalue weighted by Gasteiger charge is -2.17. The number of non-ortho nitro benzene ring substituents is 1. The van der Waals surface area contributed by atoms with E-state index in [4.69, 9.17) is 0 Å². The average molecular weight is 284 g/mol. The van der Waals surface area contributed by atoms with Gasteiger partial charge in [0, 0.05) is 18.2 Å². The van der Waals surface area contributed by atoms with E-state index < -0.39 is 0 Å². The third kappa shape index (κ3) is 4.39. The van der Waals surface area contributed by atoms with Crippen molar-refractivity contribution in [1.82, 2.24) is 5.32 Å². The Kier molecular flexibility index (Phi) is 5.46. The Morgan fingerprint density at radius 1 is 1.10 bits per heavy atom. The molecule has 0 aliphatic heterocycles. The monoisotopic (exact) mass is 284 g/mol. The average Bonchev–Trinajstić information content (AvgIpc) is 2.53. The first-order chi connectivity index (χ1) is 10.2. The first kappa shape index (κ1) is 15.2. The van der Waals surface area contributed by atoms with E-state index in [2.05, 4.69) is 36.5 Å². The summed E-state index contributed by atoms with van der Waals surface area (Å²) in [6.07, 6.45) is 1.89. The van der Waals surface area contributed by atoms with Gasteiger partial charge in [0.25, 0.3) is 5.69 Å². The molecule has 0 amide bonds. The van der Waals surface area contributed by atoms with E-state index in [9.17, 15) is 10.1 Å². The maximum Gasteiger partial charge on any atom is 0.269 e. The lowest BCUT2D eigenvalue weighted by Crippen LogP contribution is -2.23. The maximum atomic E-state index is 10.6. The number of nitrogens with one attached hydrogen (secondary N) is 1. The highest BCUT2D eigenvalue weighted by Gasteiger charge is 2.08. The molecule has 0 aliphatic carbocycles. The lowest BCUT2D eigenvalue weighted by molar-refractivity contribution is -0.384. The molecule has 0 fully saturated rings. The Balaban J connectivity index is 1.87. The number of nitrogens with zero attached hydrogens (tertiary/aromatic N) is 1. The highest BCUT2D eigenvalue weighted by atomic mass is 16.6. The van der Waals surface area contributed by atoms with Crippen molar-refractivity contribution >= 4 is 5.69 Å². The Labute approximate surface area is 125 Å². The molecule has 0 aromatic heterocycles. The predicted octanol–water partition coefficient (Wildman–Crippen LogP) is 3.88. The minimum Gasteiger partial charge on any atom is -0.310 e. The number of nitro benzene ring substituents is 1. The second kappa shape index (κ2) is 7.55. The van der Waals surface area contributed by atoms with E-state index in [1.54, 1.807) is 12.1 Å². The topological polar surface area (TPSA) is 55.2 Å². The van der Waals surface area contributed by atoms with Gasteiger partial charge in [-0.3, -0.25) is 10.1 Å². The molecular weight excluding hydrogens is 264 g/mol. The van der Waals surface area contributed by atoms with Gasteiger partial charge in [0.1, 0.15) is 0 Å². The van der Waals surface area contributed by atoms with Crippen LogP contribution in [0.4, 0.5) is 5.69 Å². The second-order valence-electron chi connectivity index (χ2n) is 5.00. The fraction of sp³-hybridized carbons (Fsp3) is 0.294. The number of nitro groups is 1. The van der Waals surface area contributed by atoms with E-state index in [1.807, 2.05) is 18.2 Å². The molecule has 0 spiro atoms. The van der Waals surface area contributed by atoms with Crippen LogP contribution in [0.5, 0.6) is 0 Å². The summed E-state index contributed by atoms with van der Waals surface area (Å²) in [5.41, 5.74) is 2.54. The van der Waals surface area contributed by atoms with Gasteiger partial charge in [0.2, 0.25) is 0 Å². The van der Waals surface area contributed by atoms with E-state index in [0.717, 1.165) is 24.9 Å². The van der Waals surface area contributed by atoms with Crippen LogP contribution in [0.15, 0.2) is 54.6 Å². The first-order valence-electron chi connectivity index (χ1n) is 7.22. The third-order valence-electron chi connectivity index (χ3n) is 3.56. The lowest BCUT2D eigenvalue weighted by atomic mass is 10.0. The van der Waals surface area contributed by atoms with Crippen LogP contribution in [0, 0.1) is 10.1 Å². The van der Waals surface area contributed by atoms with Gasteiger partial charge in [-0.15, -0.1) is 0 Å². The van der Waals surface area contributed by atoms with Gasteiger partial charge < -0.3 is 5.32 Å². The molecule has 2 aromatic rings. The normalized spacial score (nSPS) is 12.0. The van der Waals surface area contributed by atoms with Crippen LogP contribution < -0.4 is 5.32 Å². The summed E-state index contributed by atoms with van der Waals surface area (Å²) in [6.45, 7) is 3.02. The zero-order chi connectivity index (χ0) is 15.1. The molecule has 0 aliphatic rings. The predicted molar refractivity (Wildman–Crippen MR) is 84.3 cm³/mol. The fourth-order valence-electron chi connectivity index (χ4n) is 2.36. The third-order valence-corrected chi connectivity index (χ3v) is 3.56. The van der Waals surface area contributed by atoms with E-state index >= 15 is 0 Å². The van der Waals surface area contributed by atoms with E-state index in [0.29, 0.717) is 6.04 Å².